The van der Waals surface area contributed by atoms with Crippen LogP contribution in [0.4, 0.5) is 0 Å². The number of quaternary nitrogens is 1. The molecule has 1 aliphatic carbocycles. The summed E-state index contributed by atoms with van der Waals surface area (Å²) < 4.78 is 5.36. The van der Waals surface area contributed by atoms with Crippen molar-refractivity contribution in [2.45, 2.75) is 25.4 Å². The van der Waals surface area contributed by atoms with E-state index in [0.717, 1.165) is 51.3 Å². The first-order valence-corrected chi connectivity index (χ1v) is 7.12. The fourth-order valence-electron chi connectivity index (χ4n) is 2.40. The second-order valence-corrected chi connectivity index (χ2v) is 5.48. The molecule has 0 radical (unpaired) electrons. The van der Waals surface area contributed by atoms with E-state index < -0.39 is 0 Å². The molecule has 0 unspecified atom stereocenters. The van der Waals surface area contributed by atoms with Gasteiger partial charge in [0, 0.05) is 17.2 Å². The summed E-state index contributed by atoms with van der Waals surface area (Å²) in [7, 11) is 0. The third kappa shape index (κ3) is 3.55. The quantitative estimate of drug-likeness (QED) is 0.801. The average Bonchev–Trinajstić information content (AvgIpc) is 3.25. The molecule has 0 bridgehead atoms. The summed E-state index contributed by atoms with van der Waals surface area (Å²) in [6, 6.07) is 8.44. The van der Waals surface area contributed by atoms with Crippen molar-refractivity contribution in [3.8, 4) is 0 Å². The first kappa shape index (κ1) is 12.6. The lowest BCUT2D eigenvalue weighted by Crippen LogP contribution is -3.12. The minimum Gasteiger partial charge on any atom is -0.370 e. The van der Waals surface area contributed by atoms with E-state index in [1.807, 2.05) is 12.1 Å². The Balaban J connectivity index is 1.56. The van der Waals surface area contributed by atoms with Gasteiger partial charge >= 0.3 is 0 Å². The number of morpholine rings is 1. The molecule has 19 heavy (non-hydrogen) atoms. The number of carbonyl (C=O) groups excluding carboxylic acids is 1. The van der Waals surface area contributed by atoms with Crippen molar-refractivity contribution in [3.63, 3.8) is 0 Å². The van der Waals surface area contributed by atoms with E-state index in [1.54, 1.807) is 4.90 Å². The summed E-state index contributed by atoms with van der Waals surface area (Å²) in [5.74, 6) is 0.0627. The summed E-state index contributed by atoms with van der Waals surface area (Å²) >= 11 is 0. The van der Waals surface area contributed by atoms with Crippen LogP contribution in [-0.4, -0.2) is 38.3 Å². The molecule has 3 rings (SSSR count). The lowest BCUT2D eigenvalue weighted by molar-refractivity contribution is -0.921. The van der Waals surface area contributed by atoms with Crippen LogP contribution in [0.1, 0.15) is 28.8 Å². The van der Waals surface area contributed by atoms with Crippen molar-refractivity contribution in [2.75, 3.05) is 26.3 Å². The van der Waals surface area contributed by atoms with Gasteiger partial charge in [-0.2, -0.15) is 0 Å². The fourth-order valence-corrected chi connectivity index (χ4v) is 2.40. The highest BCUT2D eigenvalue weighted by Gasteiger charge is 2.23. The van der Waals surface area contributed by atoms with Crippen LogP contribution < -0.4 is 10.2 Å². The molecule has 4 nitrogen and oxygen atoms in total. The highest BCUT2D eigenvalue weighted by atomic mass is 16.5. The molecule has 1 heterocycles. The first-order valence-electron chi connectivity index (χ1n) is 7.12. The van der Waals surface area contributed by atoms with Gasteiger partial charge in [0.25, 0.3) is 5.91 Å². The van der Waals surface area contributed by atoms with Gasteiger partial charge in [0.15, 0.2) is 0 Å². The SMILES string of the molecule is O=C(NC1CC1)c1ccc(C[NH+]2CCOCC2)cc1. The normalized spacial score (nSPS) is 20.2. The van der Waals surface area contributed by atoms with Gasteiger partial charge in [-0.15, -0.1) is 0 Å². The number of nitrogens with one attached hydrogen (secondary N) is 2. The van der Waals surface area contributed by atoms with E-state index in [0.29, 0.717) is 6.04 Å². The third-order valence-corrected chi connectivity index (χ3v) is 3.78. The van der Waals surface area contributed by atoms with Crippen LogP contribution in [0.5, 0.6) is 0 Å². The minimum absolute atomic E-state index is 0.0627. The van der Waals surface area contributed by atoms with E-state index >= 15 is 0 Å². The van der Waals surface area contributed by atoms with Gasteiger partial charge in [0.2, 0.25) is 0 Å². The summed E-state index contributed by atoms with van der Waals surface area (Å²) in [6.45, 7) is 4.89. The molecule has 1 saturated carbocycles. The fraction of sp³-hybridized carbons (Fsp3) is 0.533. The van der Waals surface area contributed by atoms with E-state index in [4.69, 9.17) is 4.74 Å². The molecule has 0 aromatic heterocycles. The third-order valence-electron chi connectivity index (χ3n) is 3.78. The topological polar surface area (TPSA) is 42.8 Å². The second kappa shape index (κ2) is 5.72. The molecule has 2 N–H and O–H groups in total. The number of carbonyl (C=O) groups is 1. The molecule has 1 aromatic rings. The summed E-state index contributed by atoms with van der Waals surface area (Å²) in [5, 5.41) is 3.01. The molecular weight excluding hydrogens is 240 g/mol. The van der Waals surface area contributed by atoms with E-state index in [1.165, 1.54) is 5.56 Å². The van der Waals surface area contributed by atoms with Crippen LogP contribution in [-0.2, 0) is 11.3 Å². The highest BCUT2D eigenvalue weighted by Crippen LogP contribution is 2.19. The van der Waals surface area contributed by atoms with Gasteiger partial charge in [-0.25, -0.2) is 0 Å². The Morgan fingerprint density at radius 3 is 2.53 bits per heavy atom. The number of benzene rings is 1. The standard InChI is InChI=1S/C15H20N2O2/c18-15(16-14-5-6-14)13-3-1-12(2-4-13)11-17-7-9-19-10-8-17/h1-4,14H,5-11H2,(H,16,18)/p+1. The van der Waals surface area contributed by atoms with Crippen LogP contribution in [0.15, 0.2) is 24.3 Å². The Labute approximate surface area is 113 Å². The second-order valence-electron chi connectivity index (χ2n) is 5.48. The first-order chi connectivity index (χ1) is 9.31. The van der Waals surface area contributed by atoms with Gasteiger partial charge in [-0.05, 0) is 25.0 Å². The zero-order chi connectivity index (χ0) is 13.1. The van der Waals surface area contributed by atoms with Crippen LogP contribution in [0, 0.1) is 0 Å². The monoisotopic (exact) mass is 261 g/mol. The Kier molecular flexibility index (Phi) is 3.80. The molecule has 1 aromatic carbocycles. The van der Waals surface area contributed by atoms with Crippen molar-refractivity contribution in [2.24, 2.45) is 0 Å². The lowest BCUT2D eigenvalue weighted by Gasteiger charge is -2.23. The van der Waals surface area contributed by atoms with Crippen molar-refractivity contribution < 1.29 is 14.4 Å². The molecule has 102 valence electrons. The summed E-state index contributed by atoms with van der Waals surface area (Å²) in [5.41, 5.74) is 2.06. The zero-order valence-electron chi connectivity index (χ0n) is 11.2. The summed E-state index contributed by atoms with van der Waals surface area (Å²) in [6.07, 6.45) is 2.26. The van der Waals surface area contributed by atoms with Crippen molar-refractivity contribution in [3.05, 3.63) is 35.4 Å². The van der Waals surface area contributed by atoms with Gasteiger partial charge in [0.1, 0.15) is 19.6 Å². The minimum atomic E-state index is 0.0627. The van der Waals surface area contributed by atoms with Crippen molar-refractivity contribution >= 4 is 5.91 Å². The van der Waals surface area contributed by atoms with Crippen LogP contribution in [0.3, 0.4) is 0 Å². The largest absolute Gasteiger partial charge is 0.370 e. The Bertz CT molecular complexity index is 434. The highest BCUT2D eigenvalue weighted by molar-refractivity contribution is 5.94. The number of ether oxygens (including phenoxy) is 1. The predicted molar refractivity (Wildman–Crippen MR) is 72.1 cm³/mol. The van der Waals surface area contributed by atoms with E-state index in [9.17, 15) is 4.79 Å². The van der Waals surface area contributed by atoms with Gasteiger partial charge in [-0.3, -0.25) is 4.79 Å². The van der Waals surface area contributed by atoms with Crippen LogP contribution in [0.25, 0.3) is 0 Å². The van der Waals surface area contributed by atoms with Gasteiger partial charge in [0.05, 0.1) is 13.2 Å². The lowest BCUT2D eigenvalue weighted by atomic mass is 10.1. The number of hydrogen-bond acceptors (Lipinski definition) is 2. The van der Waals surface area contributed by atoms with E-state index in [2.05, 4.69) is 17.4 Å². The zero-order valence-corrected chi connectivity index (χ0v) is 11.2. The maximum absolute atomic E-state index is 11.9. The maximum atomic E-state index is 11.9. The molecule has 1 amide bonds. The molecule has 4 heteroatoms. The van der Waals surface area contributed by atoms with Gasteiger partial charge in [-0.1, -0.05) is 12.1 Å². The molecule has 2 fully saturated rings. The maximum Gasteiger partial charge on any atom is 0.251 e. The van der Waals surface area contributed by atoms with Gasteiger partial charge < -0.3 is 15.0 Å². The molecule has 1 saturated heterocycles. The molecule has 0 spiro atoms. The molecule has 0 atom stereocenters. The smallest absolute Gasteiger partial charge is 0.251 e. The van der Waals surface area contributed by atoms with Crippen LogP contribution >= 0.6 is 0 Å². The molecule has 2 aliphatic rings. The van der Waals surface area contributed by atoms with Crippen molar-refractivity contribution in [1.29, 1.82) is 0 Å². The van der Waals surface area contributed by atoms with Crippen LogP contribution in [0.2, 0.25) is 0 Å². The summed E-state index contributed by atoms with van der Waals surface area (Å²) in [4.78, 5) is 13.4. The molecular formula is C15H21N2O2+. The van der Waals surface area contributed by atoms with Crippen molar-refractivity contribution in [1.82, 2.24) is 5.32 Å². The molecule has 1 aliphatic heterocycles. The number of amides is 1. The Morgan fingerprint density at radius 1 is 1.21 bits per heavy atom. The average molecular weight is 261 g/mol. The Morgan fingerprint density at radius 2 is 1.89 bits per heavy atom. The Hall–Kier alpha value is -1.39. The van der Waals surface area contributed by atoms with E-state index in [-0.39, 0.29) is 5.91 Å². The predicted octanol–water partition coefficient (Wildman–Crippen LogP) is -0.00610. The number of rotatable bonds is 4. The number of hydrogen-bond donors (Lipinski definition) is 2.